The monoisotopic (exact) mass is 342 g/mol. The molecule has 0 radical (unpaired) electrons. The Morgan fingerprint density at radius 1 is 0.958 bits per heavy atom. The Kier molecular flexibility index (Phi) is 4.62. The van der Waals surface area contributed by atoms with E-state index < -0.39 is 0 Å². The van der Waals surface area contributed by atoms with E-state index in [4.69, 9.17) is 11.6 Å². The maximum atomic E-state index is 13.3. The van der Waals surface area contributed by atoms with Gasteiger partial charge in [0, 0.05) is 28.2 Å². The summed E-state index contributed by atoms with van der Waals surface area (Å²) in [6.07, 6.45) is 0. The van der Waals surface area contributed by atoms with Gasteiger partial charge in [-0.15, -0.1) is 0 Å². The topological polar surface area (TPSA) is 49.8 Å². The van der Waals surface area contributed by atoms with Crippen LogP contribution in [0, 0.1) is 19.7 Å². The highest BCUT2D eigenvalue weighted by Crippen LogP contribution is 2.24. The molecule has 0 aliphatic carbocycles. The molecule has 122 valence electrons. The van der Waals surface area contributed by atoms with E-state index in [0.717, 1.165) is 16.9 Å². The van der Waals surface area contributed by atoms with Gasteiger partial charge in [0.2, 0.25) is 5.95 Å². The summed E-state index contributed by atoms with van der Waals surface area (Å²) in [5, 5.41) is 6.95. The fourth-order valence-corrected chi connectivity index (χ4v) is 2.52. The molecular weight excluding hydrogens is 327 g/mol. The molecule has 0 atom stereocenters. The average Bonchev–Trinajstić information content (AvgIpc) is 2.49. The predicted molar refractivity (Wildman–Crippen MR) is 95.9 cm³/mol. The number of nitrogens with one attached hydrogen (secondary N) is 2. The van der Waals surface area contributed by atoms with Gasteiger partial charge in [-0.05, 0) is 55.8 Å². The lowest BCUT2D eigenvalue weighted by atomic mass is 10.2. The SMILES string of the molecule is Cc1cc(Nc2ccc(Cl)cc2C)nc(Nc2cccc(F)c2)n1. The number of halogens is 2. The van der Waals surface area contributed by atoms with Crippen molar-refractivity contribution in [1.82, 2.24) is 9.97 Å². The van der Waals surface area contributed by atoms with E-state index in [1.165, 1.54) is 12.1 Å². The second kappa shape index (κ2) is 6.84. The molecule has 3 aromatic rings. The van der Waals surface area contributed by atoms with Crippen molar-refractivity contribution in [3.63, 3.8) is 0 Å². The molecule has 1 aromatic heterocycles. The minimum atomic E-state index is -0.317. The predicted octanol–water partition coefficient (Wildman–Crippen LogP) is 5.37. The van der Waals surface area contributed by atoms with E-state index in [1.807, 2.05) is 38.1 Å². The van der Waals surface area contributed by atoms with Crippen LogP contribution in [-0.4, -0.2) is 9.97 Å². The molecule has 24 heavy (non-hydrogen) atoms. The smallest absolute Gasteiger partial charge is 0.229 e. The van der Waals surface area contributed by atoms with Crippen LogP contribution in [-0.2, 0) is 0 Å². The maximum absolute atomic E-state index is 13.3. The van der Waals surface area contributed by atoms with Crippen LogP contribution < -0.4 is 10.6 Å². The van der Waals surface area contributed by atoms with Crippen molar-refractivity contribution in [2.45, 2.75) is 13.8 Å². The van der Waals surface area contributed by atoms with Crippen molar-refractivity contribution in [3.05, 3.63) is 70.6 Å². The molecule has 0 spiro atoms. The Bertz CT molecular complexity index is 883. The molecule has 0 amide bonds. The number of anilines is 4. The standard InChI is InChI=1S/C18H16ClFN4/c1-11-8-13(19)6-7-16(11)23-17-9-12(2)21-18(24-17)22-15-5-3-4-14(20)10-15/h3-10H,1-2H3,(H2,21,22,23,24). The number of aromatic nitrogens is 2. The molecule has 0 unspecified atom stereocenters. The number of aryl methyl sites for hydroxylation is 2. The van der Waals surface area contributed by atoms with Crippen LogP contribution in [0.3, 0.4) is 0 Å². The van der Waals surface area contributed by atoms with Gasteiger partial charge in [0.05, 0.1) is 0 Å². The third-order valence-electron chi connectivity index (χ3n) is 3.39. The van der Waals surface area contributed by atoms with Gasteiger partial charge in [-0.25, -0.2) is 9.37 Å². The Balaban J connectivity index is 1.86. The van der Waals surface area contributed by atoms with Gasteiger partial charge in [0.15, 0.2) is 0 Å². The van der Waals surface area contributed by atoms with E-state index in [0.29, 0.717) is 22.5 Å². The summed E-state index contributed by atoms with van der Waals surface area (Å²) in [6, 6.07) is 13.6. The fraction of sp³-hybridized carbons (Fsp3) is 0.111. The number of rotatable bonds is 4. The lowest BCUT2D eigenvalue weighted by Gasteiger charge is -2.12. The van der Waals surface area contributed by atoms with E-state index >= 15 is 0 Å². The van der Waals surface area contributed by atoms with Gasteiger partial charge in [0.1, 0.15) is 11.6 Å². The zero-order valence-electron chi connectivity index (χ0n) is 13.3. The van der Waals surface area contributed by atoms with Crippen molar-refractivity contribution < 1.29 is 4.39 Å². The van der Waals surface area contributed by atoms with Crippen molar-refractivity contribution in [1.29, 1.82) is 0 Å². The molecule has 0 aliphatic rings. The highest BCUT2D eigenvalue weighted by molar-refractivity contribution is 6.30. The van der Waals surface area contributed by atoms with Crippen molar-refractivity contribution in [2.24, 2.45) is 0 Å². The quantitative estimate of drug-likeness (QED) is 0.669. The minimum absolute atomic E-state index is 0.317. The molecule has 1 heterocycles. The maximum Gasteiger partial charge on any atom is 0.229 e. The first-order chi connectivity index (χ1) is 11.5. The summed E-state index contributed by atoms with van der Waals surface area (Å²) >= 11 is 5.98. The lowest BCUT2D eigenvalue weighted by Crippen LogP contribution is -2.03. The molecule has 3 rings (SSSR count). The Morgan fingerprint density at radius 3 is 2.54 bits per heavy atom. The number of hydrogen-bond acceptors (Lipinski definition) is 4. The second-order valence-electron chi connectivity index (χ2n) is 5.44. The van der Waals surface area contributed by atoms with E-state index in [-0.39, 0.29) is 5.82 Å². The number of benzene rings is 2. The summed E-state index contributed by atoms with van der Waals surface area (Å²) < 4.78 is 13.3. The Hall–Kier alpha value is -2.66. The Labute approximate surface area is 144 Å². The van der Waals surface area contributed by atoms with E-state index in [2.05, 4.69) is 20.6 Å². The second-order valence-corrected chi connectivity index (χ2v) is 5.87. The van der Waals surface area contributed by atoms with Gasteiger partial charge in [-0.1, -0.05) is 17.7 Å². The van der Waals surface area contributed by atoms with Gasteiger partial charge < -0.3 is 10.6 Å². The van der Waals surface area contributed by atoms with Gasteiger partial charge in [-0.3, -0.25) is 0 Å². The average molecular weight is 343 g/mol. The molecule has 0 bridgehead atoms. The zero-order valence-corrected chi connectivity index (χ0v) is 14.0. The van der Waals surface area contributed by atoms with Crippen LogP contribution >= 0.6 is 11.6 Å². The molecule has 2 N–H and O–H groups in total. The Morgan fingerprint density at radius 2 is 1.79 bits per heavy atom. The van der Waals surface area contributed by atoms with Crippen LogP contribution in [0.2, 0.25) is 5.02 Å². The van der Waals surface area contributed by atoms with E-state index in [9.17, 15) is 4.39 Å². The summed E-state index contributed by atoms with van der Waals surface area (Å²) in [4.78, 5) is 8.76. The number of hydrogen-bond donors (Lipinski definition) is 2. The van der Waals surface area contributed by atoms with Crippen LogP contribution in [0.5, 0.6) is 0 Å². The highest BCUT2D eigenvalue weighted by Gasteiger charge is 2.06. The van der Waals surface area contributed by atoms with E-state index in [1.54, 1.807) is 12.1 Å². The van der Waals surface area contributed by atoms with Crippen LogP contribution in [0.1, 0.15) is 11.3 Å². The molecule has 0 saturated heterocycles. The van der Waals surface area contributed by atoms with Gasteiger partial charge in [-0.2, -0.15) is 4.98 Å². The normalized spacial score (nSPS) is 10.5. The minimum Gasteiger partial charge on any atom is -0.340 e. The van der Waals surface area contributed by atoms with Gasteiger partial charge >= 0.3 is 0 Å². The molecular formula is C18H16ClFN4. The lowest BCUT2D eigenvalue weighted by molar-refractivity contribution is 0.628. The summed E-state index contributed by atoms with van der Waals surface area (Å²) in [7, 11) is 0. The van der Waals surface area contributed by atoms with Crippen molar-refractivity contribution in [3.8, 4) is 0 Å². The fourth-order valence-electron chi connectivity index (χ4n) is 2.29. The van der Waals surface area contributed by atoms with Crippen LogP contribution in [0.4, 0.5) is 27.5 Å². The zero-order chi connectivity index (χ0) is 17.1. The first kappa shape index (κ1) is 16.2. The third-order valence-corrected chi connectivity index (χ3v) is 3.62. The summed E-state index contributed by atoms with van der Waals surface area (Å²) in [6.45, 7) is 3.84. The molecule has 4 nitrogen and oxygen atoms in total. The first-order valence-corrected chi connectivity index (χ1v) is 7.79. The van der Waals surface area contributed by atoms with Crippen LogP contribution in [0.25, 0.3) is 0 Å². The summed E-state index contributed by atoms with van der Waals surface area (Å²) in [5.74, 6) is 0.726. The van der Waals surface area contributed by atoms with Crippen molar-refractivity contribution in [2.75, 3.05) is 10.6 Å². The van der Waals surface area contributed by atoms with Gasteiger partial charge in [0.25, 0.3) is 0 Å². The largest absolute Gasteiger partial charge is 0.340 e. The first-order valence-electron chi connectivity index (χ1n) is 7.41. The molecule has 2 aromatic carbocycles. The molecule has 6 heteroatoms. The highest BCUT2D eigenvalue weighted by atomic mass is 35.5. The molecule has 0 aliphatic heterocycles. The summed E-state index contributed by atoms with van der Waals surface area (Å²) in [5.41, 5.74) is 3.31. The number of nitrogens with zero attached hydrogens (tertiary/aromatic N) is 2. The van der Waals surface area contributed by atoms with Crippen LogP contribution in [0.15, 0.2) is 48.5 Å². The molecule has 0 fully saturated rings. The third kappa shape index (κ3) is 4.00. The van der Waals surface area contributed by atoms with Crippen molar-refractivity contribution >= 4 is 34.7 Å². The molecule has 0 saturated carbocycles.